The third-order valence-corrected chi connectivity index (χ3v) is 3.40. The van der Waals surface area contributed by atoms with Gasteiger partial charge in [-0.2, -0.15) is 0 Å². The zero-order valence-corrected chi connectivity index (χ0v) is 13.7. The second-order valence-electron chi connectivity index (χ2n) is 5.29. The third kappa shape index (κ3) is 5.10. The quantitative estimate of drug-likeness (QED) is 0.642. The molecule has 3 rings (SSSR count). The van der Waals surface area contributed by atoms with E-state index in [9.17, 15) is 4.79 Å². The maximum Gasteiger partial charge on any atom is 0.244 e. The molecule has 0 aliphatic carbocycles. The maximum absolute atomic E-state index is 12.1. The van der Waals surface area contributed by atoms with Gasteiger partial charge in [-0.15, -0.1) is 0 Å². The molecule has 1 heterocycles. The second-order valence-corrected chi connectivity index (χ2v) is 5.29. The molecule has 0 bridgehead atoms. The Labute approximate surface area is 146 Å². The van der Waals surface area contributed by atoms with Crippen molar-refractivity contribution in [3.63, 3.8) is 0 Å². The molecule has 1 aromatic heterocycles. The van der Waals surface area contributed by atoms with E-state index in [1.165, 1.54) is 0 Å². The van der Waals surface area contributed by atoms with Gasteiger partial charge >= 0.3 is 0 Å². The van der Waals surface area contributed by atoms with Crippen LogP contribution in [0.3, 0.4) is 0 Å². The number of ether oxygens (including phenoxy) is 2. The van der Waals surface area contributed by atoms with E-state index < -0.39 is 0 Å². The van der Waals surface area contributed by atoms with E-state index in [1.807, 2.05) is 48.5 Å². The minimum absolute atomic E-state index is 0.144. The van der Waals surface area contributed by atoms with Gasteiger partial charge in [-0.3, -0.25) is 4.79 Å². The smallest absolute Gasteiger partial charge is 0.244 e. The van der Waals surface area contributed by atoms with Crippen LogP contribution < -0.4 is 14.8 Å². The van der Waals surface area contributed by atoms with Crippen LogP contribution in [-0.4, -0.2) is 28.7 Å². The number of aromatic nitrogens is 2. The third-order valence-electron chi connectivity index (χ3n) is 3.40. The van der Waals surface area contributed by atoms with Crippen molar-refractivity contribution in [1.29, 1.82) is 0 Å². The van der Waals surface area contributed by atoms with Gasteiger partial charge in [0.1, 0.15) is 31.3 Å². The molecule has 0 spiro atoms. The summed E-state index contributed by atoms with van der Waals surface area (Å²) in [6.07, 6.45) is 4.98. The van der Waals surface area contributed by atoms with Gasteiger partial charge in [0.15, 0.2) is 0 Å². The van der Waals surface area contributed by atoms with Crippen molar-refractivity contribution in [3.8, 4) is 11.5 Å². The first-order valence-corrected chi connectivity index (χ1v) is 7.96. The molecule has 6 heteroatoms. The number of anilines is 1. The van der Waals surface area contributed by atoms with Crippen molar-refractivity contribution in [3.05, 3.63) is 73.3 Å². The summed E-state index contributed by atoms with van der Waals surface area (Å²) in [5, 5.41) is 2.85. The zero-order valence-electron chi connectivity index (χ0n) is 13.7. The fourth-order valence-electron chi connectivity index (χ4n) is 2.26. The predicted octanol–water partition coefficient (Wildman–Crippen LogP) is 2.98. The number of imidazole rings is 1. The molecule has 0 radical (unpaired) electrons. The van der Waals surface area contributed by atoms with Gasteiger partial charge in [0.2, 0.25) is 5.91 Å². The molecule has 0 fully saturated rings. The van der Waals surface area contributed by atoms with E-state index >= 15 is 0 Å². The first-order chi connectivity index (χ1) is 12.3. The SMILES string of the molecule is O=C(Cn1ccnc1)Nc1ccccc1OCCOc1ccccc1. The fraction of sp³-hybridized carbons (Fsp3) is 0.158. The number of carbonyl (C=O) groups excluding carboxylic acids is 1. The molecule has 6 nitrogen and oxygen atoms in total. The Morgan fingerprint density at radius 3 is 2.56 bits per heavy atom. The van der Waals surface area contributed by atoms with E-state index in [2.05, 4.69) is 10.3 Å². The summed E-state index contributed by atoms with van der Waals surface area (Å²) in [7, 11) is 0. The Morgan fingerprint density at radius 2 is 1.76 bits per heavy atom. The molecule has 0 saturated carbocycles. The molecule has 0 atom stereocenters. The van der Waals surface area contributed by atoms with E-state index in [-0.39, 0.29) is 12.5 Å². The highest BCUT2D eigenvalue weighted by molar-refractivity contribution is 5.92. The first kappa shape index (κ1) is 16.6. The number of amides is 1. The van der Waals surface area contributed by atoms with Crippen molar-refractivity contribution in [2.75, 3.05) is 18.5 Å². The van der Waals surface area contributed by atoms with Crippen LogP contribution in [0.25, 0.3) is 0 Å². The molecule has 25 heavy (non-hydrogen) atoms. The lowest BCUT2D eigenvalue weighted by molar-refractivity contribution is -0.116. The van der Waals surface area contributed by atoms with Gasteiger partial charge in [0, 0.05) is 12.4 Å². The molecular formula is C19H19N3O3. The summed E-state index contributed by atoms with van der Waals surface area (Å²) >= 11 is 0. The van der Waals surface area contributed by atoms with E-state index in [0.29, 0.717) is 24.7 Å². The van der Waals surface area contributed by atoms with Crippen LogP contribution in [0.4, 0.5) is 5.69 Å². The van der Waals surface area contributed by atoms with Gasteiger partial charge in [0.05, 0.1) is 12.0 Å². The van der Waals surface area contributed by atoms with Crippen molar-refractivity contribution >= 4 is 11.6 Å². The van der Waals surface area contributed by atoms with E-state index in [1.54, 1.807) is 29.4 Å². The molecule has 0 aliphatic heterocycles. The fourth-order valence-corrected chi connectivity index (χ4v) is 2.26. The first-order valence-electron chi connectivity index (χ1n) is 7.96. The zero-order chi connectivity index (χ0) is 17.3. The Morgan fingerprint density at radius 1 is 1.00 bits per heavy atom. The van der Waals surface area contributed by atoms with Gasteiger partial charge in [-0.25, -0.2) is 4.98 Å². The predicted molar refractivity (Wildman–Crippen MR) is 94.7 cm³/mol. The lowest BCUT2D eigenvalue weighted by Gasteiger charge is -2.13. The summed E-state index contributed by atoms with van der Waals surface area (Å²) in [5.41, 5.74) is 0.632. The summed E-state index contributed by atoms with van der Waals surface area (Å²) in [6, 6.07) is 16.9. The average molecular weight is 337 g/mol. The summed E-state index contributed by atoms with van der Waals surface area (Å²) in [5.74, 6) is 1.26. The number of nitrogens with one attached hydrogen (secondary N) is 1. The summed E-state index contributed by atoms with van der Waals surface area (Å²) in [4.78, 5) is 16.0. The monoisotopic (exact) mass is 337 g/mol. The van der Waals surface area contributed by atoms with Crippen molar-refractivity contribution in [2.45, 2.75) is 6.54 Å². The molecule has 0 saturated heterocycles. The average Bonchev–Trinajstić information content (AvgIpc) is 3.14. The van der Waals surface area contributed by atoms with E-state index in [0.717, 1.165) is 5.75 Å². The van der Waals surface area contributed by atoms with Crippen LogP contribution >= 0.6 is 0 Å². The second kappa shape index (κ2) is 8.54. The number of hydrogen-bond donors (Lipinski definition) is 1. The summed E-state index contributed by atoms with van der Waals surface area (Å²) < 4.78 is 13.0. The molecule has 1 N–H and O–H groups in total. The lowest BCUT2D eigenvalue weighted by Crippen LogP contribution is -2.19. The molecule has 0 unspecified atom stereocenters. The highest BCUT2D eigenvalue weighted by atomic mass is 16.5. The van der Waals surface area contributed by atoms with Crippen LogP contribution in [0, 0.1) is 0 Å². The summed E-state index contributed by atoms with van der Waals surface area (Å²) in [6.45, 7) is 0.996. The van der Waals surface area contributed by atoms with Crippen LogP contribution in [0.1, 0.15) is 0 Å². The van der Waals surface area contributed by atoms with Crippen LogP contribution in [-0.2, 0) is 11.3 Å². The maximum atomic E-state index is 12.1. The van der Waals surface area contributed by atoms with Crippen molar-refractivity contribution in [1.82, 2.24) is 9.55 Å². The highest BCUT2D eigenvalue weighted by Crippen LogP contribution is 2.23. The number of hydrogen-bond acceptors (Lipinski definition) is 4. The standard InChI is InChI=1S/C19H19N3O3/c23-19(14-22-11-10-20-15-22)21-17-8-4-5-9-18(17)25-13-12-24-16-6-2-1-3-7-16/h1-11,15H,12-14H2,(H,21,23). The minimum Gasteiger partial charge on any atom is -0.490 e. The van der Waals surface area contributed by atoms with Crippen LogP contribution in [0.15, 0.2) is 73.3 Å². The van der Waals surface area contributed by atoms with Gasteiger partial charge in [0.25, 0.3) is 0 Å². The Hall–Kier alpha value is -3.28. The Balaban J connectivity index is 1.51. The number of benzene rings is 2. The molecule has 128 valence electrons. The largest absolute Gasteiger partial charge is 0.490 e. The molecule has 3 aromatic rings. The van der Waals surface area contributed by atoms with Crippen LogP contribution in [0.5, 0.6) is 11.5 Å². The lowest BCUT2D eigenvalue weighted by atomic mass is 10.3. The van der Waals surface area contributed by atoms with Crippen molar-refractivity contribution < 1.29 is 14.3 Å². The topological polar surface area (TPSA) is 65.4 Å². The van der Waals surface area contributed by atoms with Crippen LogP contribution in [0.2, 0.25) is 0 Å². The van der Waals surface area contributed by atoms with Gasteiger partial charge < -0.3 is 19.4 Å². The molecule has 2 aromatic carbocycles. The number of para-hydroxylation sites is 3. The normalized spacial score (nSPS) is 10.2. The van der Waals surface area contributed by atoms with E-state index in [4.69, 9.17) is 9.47 Å². The Bertz CT molecular complexity index is 789. The minimum atomic E-state index is -0.144. The number of carbonyl (C=O) groups is 1. The molecular weight excluding hydrogens is 318 g/mol. The molecule has 0 aliphatic rings. The molecule has 1 amide bonds. The van der Waals surface area contributed by atoms with Crippen molar-refractivity contribution in [2.24, 2.45) is 0 Å². The highest BCUT2D eigenvalue weighted by Gasteiger charge is 2.08. The van der Waals surface area contributed by atoms with Gasteiger partial charge in [-0.05, 0) is 24.3 Å². The number of rotatable bonds is 8. The van der Waals surface area contributed by atoms with Gasteiger partial charge in [-0.1, -0.05) is 30.3 Å². The Kier molecular flexibility index (Phi) is 5.66. The number of nitrogens with zero attached hydrogens (tertiary/aromatic N) is 2.